The number of rotatable bonds is 5. The maximum absolute atomic E-state index is 11.9. The zero-order valence-electron chi connectivity index (χ0n) is 11.3. The second-order valence-electron chi connectivity index (χ2n) is 4.24. The van der Waals surface area contributed by atoms with Crippen molar-refractivity contribution >= 4 is 40.1 Å². The number of aromatic nitrogens is 4. The largest absolute Gasteiger partial charge is 0.368 e. The number of hydrogen-bond acceptors (Lipinski definition) is 7. The zero-order valence-corrected chi connectivity index (χ0v) is 12.9. The lowest BCUT2D eigenvalue weighted by atomic mass is 10.2. The van der Waals surface area contributed by atoms with Crippen LogP contribution in [0, 0.1) is 0 Å². The molecule has 112 valence electrons. The number of hydrogen-bond donors (Lipinski definition) is 3. The highest BCUT2D eigenvalue weighted by atomic mass is 32.2. The molecule has 0 saturated heterocycles. The molecule has 1 amide bonds. The quantitative estimate of drug-likeness (QED) is 0.618. The van der Waals surface area contributed by atoms with Crippen molar-refractivity contribution in [2.45, 2.75) is 5.16 Å². The van der Waals surface area contributed by atoms with Crippen LogP contribution in [0.15, 0.2) is 40.9 Å². The van der Waals surface area contributed by atoms with E-state index >= 15 is 0 Å². The Hall–Kier alpha value is -2.39. The molecule has 22 heavy (non-hydrogen) atoms. The monoisotopic (exact) mass is 332 g/mol. The Labute approximate surface area is 134 Å². The Kier molecular flexibility index (Phi) is 4.35. The maximum atomic E-state index is 11.9. The molecule has 2 aromatic heterocycles. The van der Waals surface area contributed by atoms with E-state index in [1.54, 1.807) is 0 Å². The van der Waals surface area contributed by atoms with Gasteiger partial charge in [0, 0.05) is 10.9 Å². The molecule has 1 aromatic carbocycles. The Bertz CT molecular complexity index is 770. The van der Waals surface area contributed by atoms with E-state index in [-0.39, 0.29) is 17.6 Å². The van der Waals surface area contributed by atoms with Crippen LogP contribution >= 0.6 is 23.1 Å². The van der Waals surface area contributed by atoms with Gasteiger partial charge in [-0.05, 0) is 0 Å². The lowest BCUT2D eigenvalue weighted by molar-refractivity contribution is -0.113. The summed E-state index contributed by atoms with van der Waals surface area (Å²) in [5.41, 5.74) is 7.28. The van der Waals surface area contributed by atoms with Gasteiger partial charge < -0.3 is 11.1 Å². The van der Waals surface area contributed by atoms with Crippen molar-refractivity contribution in [3.8, 4) is 11.3 Å². The van der Waals surface area contributed by atoms with E-state index in [2.05, 4.69) is 25.5 Å². The molecule has 0 aliphatic rings. The highest BCUT2D eigenvalue weighted by molar-refractivity contribution is 7.99. The molecule has 3 rings (SSSR count). The molecule has 0 atom stereocenters. The van der Waals surface area contributed by atoms with Crippen LogP contribution in [0.1, 0.15) is 0 Å². The summed E-state index contributed by atoms with van der Waals surface area (Å²) in [5.74, 6) is 0.259. The van der Waals surface area contributed by atoms with E-state index in [9.17, 15) is 4.79 Å². The van der Waals surface area contributed by atoms with Gasteiger partial charge in [0.2, 0.25) is 17.0 Å². The standard InChI is InChI=1S/C13H12N6OS2/c14-11-17-13(19-18-11)22-7-10(20)16-12-15-9(6-21-12)8-4-2-1-3-5-8/h1-6H,7H2,(H,15,16,20)(H3,14,17,18,19). The van der Waals surface area contributed by atoms with Gasteiger partial charge in [-0.2, -0.15) is 4.98 Å². The molecule has 3 aromatic rings. The van der Waals surface area contributed by atoms with E-state index in [1.807, 2.05) is 35.7 Å². The number of nitrogens with one attached hydrogen (secondary N) is 2. The number of carbonyl (C=O) groups is 1. The van der Waals surface area contributed by atoms with Gasteiger partial charge >= 0.3 is 0 Å². The van der Waals surface area contributed by atoms with Crippen LogP contribution in [0.25, 0.3) is 11.3 Å². The number of benzene rings is 1. The SMILES string of the molecule is Nc1nc(SCC(=O)Nc2nc(-c3ccccc3)cs2)n[nH]1. The molecular weight excluding hydrogens is 320 g/mol. The van der Waals surface area contributed by atoms with Crippen molar-refractivity contribution in [2.24, 2.45) is 0 Å². The minimum atomic E-state index is -0.165. The molecule has 0 fully saturated rings. The van der Waals surface area contributed by atoms with Gasteiger partial charge in [-0.15, -0.1) is 16.4 Å². The molecule has 0 unspecified atom stereocenters. The summed E-state index contributed by atoms with van der Waals surface area (Å²) in [5, 5.41) is 12.0. The molecule has 0 aliphatic heterocycles. The van der Waals surface area contributed by atoms with Gasteiger partial charge in [0.05, 0.1) is 11.4 Å². The lowest BCUT2D eigenvalue weighted by Gasteiger charge is -1.99. The van der Waals surface area contributed by atoms with Gasteiger partial charge in [0.25, 0.3) is 0 Å². The normalized spacial score (nSPS) is 10.5. The molecule has 7 nitrogen and oxygen atoms in total. The number of nitrogens with zero attached hydrogens (tertiary/aromatic N) is 3. The summed E-state index contributed by atoms with van der Waals surface area (Å²) < 4.78 is 0. The number of carbonyl (C=O) groups excluding carboxylic acids is 1. The number of thioether (sulfide) groups is 1. The molecule has 0 aliphatic carbocycles. The fraction of sp³-hybridized carbons (Fsp3) is 0.0769. The van der Waals surface area contributed by atoms with E-state index in [4.69, 9.17) is 5.73 Å². The average molecular weight is 332 g/mol. The average Bonchev–Trinajstić information content (AvgIpc) is 3.15. The predicted octanol–water partition coefficient (Wildman–Crippen LogP) is 2.24. The summed E-state index contributed by atoms with van der Waals surface area (Å²) in [6, 6.07) is 9.80. The molecule has 0 radical (unpaired) electrons. The first-order valence-corrected chi connectivity index (χ1v) is 8.19. The molecule has 9 heteroatoms. The smallest absolute Gasteiger partial charge is 0.236 e. The van der Waals surface area contributed by atoms with Gasteiger partial charge in [0.15, 0.2) is 5.13 Å². The Balaban J connectivity index is 1.57. The molecule has 0 bridgehead atoms. The number of nitrogens with two attached hydrogens (primary N) is 1. The number of nitrogen functional groups attached to an aromatic ring is 1. The van der Waals surface area contributed by atoms with Gasteiger partial charge in [0.1, 0.15) is 0 Å². The molecule has 4 N–H and O–H groups in total. The first kappa shape index (κ1) is 14.5. The van der Waals surface area contributed by atoms with Gasteiger partial charge in [-0.1, -0.05) is 42.1 Å². The van der Waals surface area contributed by atoms with Crippen molar-refractivity contribution in [2.75, 3.05) is 16.8 Å². The summed E-state index contributed by atoms with van der Waals surface area (Å²) in [4.78, 5) is 20.2. The fourth-order valence-electron chi connectivity index (χ4n) is 1.68. The minimum absolute atomic E-state index is 0.165. The van der Waals surface area contributed by atoms with Gasteiger partial charge in [-0.25, -0.2) is 10.1 Å². The highest BCUT2D eigenvalue weighted by Crippen LogP contribution is 2.24. The number of H-pyrrole nitrogens is 1. The zero-order chi connectivity index (χ0) is 15.4. The van der Waals surface area contributed by atoms with Crippen molar-refractivity contribution in [1.82, 2.24) is 20.2 Å². The highest BCUT2D eigenvalue weighted by Gasteiger charge is 2.10. The topological polar surface area (TPSA) is 110 Å². The van der Waals surface area contributed by atoms with Crippen molar-refractivity contribution in [3.05, 3.63) is 35.7 Å². The summed E-state index contributed by atoms with van der Waals surface area (Å²) in [7, 11) is 0. The summed E-state index contributed by atoms with van der Waals surface area (Å²) >= 11 is 2.59. The van der Waals surface area contributed by atoms with Crippen LogP contribution in [0.4, 0.5) is 11.1 Å². The predicted molar refractivity (Wildman–Crippen MR) is 87.7 cm³/mol. The van der Waals surface area contributed by atoms with E-state index in [1.165, 1.54) is 23.1 Å². The summed E-state index contributed by atoms with van der Waals surface area (Å²) in [6.07, 6.45) is 0. The van der Waals surface area contributed by atoms with Crippen LogP contribution in [0.3, 0.4) is 0 Å². The Morgan fingerprint density at radius 2 is 2.14 bits per heavy atom. The third-order valence-corrected chi connectivity index (χ3v) is 4.24. The summed E-state index contributed by atoms with van der Waals surface area (Å²) in [6.45, 7) is 0. The number of amides is 1. The molecule has 0 spiro atoms. The van der Waals surface area contributed by atoms with E-state index in [0.29, 0.717) is 10.3 Å². The second kappa shape index (κ2) is 6.58. The fourth-order valence-corrected chi connectivity index (χ4v) is 3.02. The minimum Gasteiger partial charge on any atom is -0.368 e. The van der Waals surface area contributed by atoms with E-state index in [0.717, 1.165) is 11.3 Å². The van der Waals surface area contributed by atoms with Crippen LogP contribution in [-0.4, -0.2) is 31.8 Å². The maximum Gasteiger partial charge on any atom is 0.236 e. The van der Waals surface area contributed by atoms with E-state index < -0.39 is 0 Å². The number of thiazole rings is 1. The third-order valence-electron chi connectivity index (χ3n) is 2.63. The van der Waals surface area contributed by atoms with Crippen LogP contribution in [0.5, 0.6) is 0 Å². The second-order valence-corrected chi connectivity index (χ2v) is 6.04. The van der Waals surface area contributed by atoms with Crippen molar-refractivity contribution < 1.29 is 4.79 Å². The van der Waals surface area contributed by atoms with Crippen molar-refractivity contribution in [1.29, 1.82) is 0 Å². The van der Waals surface area contributed by atoms with Crippen LogP contribution in [-0.2, 0) is 4.79 Å². The first-order valence-electron chi connectivity index (χ1n) is 6.32. The lowest BCUT2D eigenvalue weighted by Crippen LogP contribution is -2.13. The van der Waals surface area contributed by atoms with Crippen LogP contribution < -0.4 is 11.1 Å². The number of aromatic amines is 1. The molecular formula is C13H12N6OS2. The Morgan fingerprint density at radius 3 is 2.86 bits per heavy atom. The van der Waals surface area contributed by atoms with Crippen LogP contribution in [0.2, 0.25) is 0 Å². The molecule has 2 heterocycles. The molecule has 0 saturated carbocycles. The Morgan fingerprint density at radius 1 is 1.32 bits per heavy atom. The number of anilines is 2. The third kappa shape index (κ3) is 3.62. The first-order chi connectivity index (χ1) is 10.7. The van der Waals surface area contributed by atoms with Crippen molar-refractivity contribution in [3.63, 3.8) is 0 Å². The van der Waals surface area contributed by atoms with Gasteiger partial charge in [-0.3, -0.25) is 4.79 Å².